The predicted octanol–water partition coefficient (Wildman–Crippen LogP) is 1.08. The van der Waals surface area contributed by atoms with Gasteiger partial charge in [-0.1, -0.05) is 6.92 Å². The molecule has 0 radical (unpaired) electrons. The molecule has 2 nitrogen and oxygen atoms in total. The van der Waals surface area contributed by atoms with E-state index in [0.717, 1.165) is 0 Å². The third kappa shape index (κ3) is 1.80. The summed E-state index contributed by atoms with van der Waals surface area (Å²) in [5, 5.41) is 3.55. The van der Waals surface area contributed by atoms with Crippen molar-refractivity contribution in [3.8, 4) is 0 Å². The van der Waals surface area contributed by atoms with Crippen molar-refractivity contribution >= 4 is 0 Å². The van der Waals surface area contributed by atoms with Gasteiger partial charge in [0.15, 0.2) is 0 Å². The van der Waals surface area contributed by atoms with Gasteiger partial charge in [0.05, 0.1) is 0 Å². The Labute approximate surface area is 75.3 Å². The molecule has 0 aromatic heterocycles. The van der Waals surface area contributed by atoms with Crippen LogP contribution in [0, 0.1) is 5.41 Å². The zero-order valence-corrected chi connectivity index (χ0v) is 8.10. The average molecular weight is 168 g/mol. The van der Waals surface area contributed by atoms with Crippen LogP contribution in [0.15, 0.2) is 0 Å². The first-order valence-corrected chi connectivity index (χ1v) is 5.28. The molecule has 2 rings (SSSR count). The maximum absolute atomic E-state index is 3.55. The summed E-state index contributed by atoms with van der Waals surface area (Å²) in [7, 11) is 0. The summed E-state index contributed by atoms with van der Waals surface area (Å²) in [6, 6.07) is 0. The number of nitrogens with one attached hydrogen (secondary N) is 1. The van der Waals surface area contributed by atoms with Crippen LogP contribution in [0.25, 0.3) is 0 Å². The van der Waals surface area contributed by atoms with Gasteiger partial charge < -0.3 is 10.2 Å². The highest BCUT2D eigenvalue weighted by molar-refractivity contribution is 4.98. The molecule has 1 spiro atoms. The topological polar surface area (TPSA) is 15.3 Å². The highest BCUT2D eigenvalue weighted by Gasteiger charge is 2.44. The Hall–Kier alpha value is -0.0800. The van der Waals surface area contributed by atoms with Crippen molar-refractivity contribution in [3.63, 3.8) is 0 Å². The average Bonchev–Trinajstić information content (AvgIpc) is 2.82. The molecule has 1 heterocycles. The van der Waals surface area contributed by atoms with Gasteiger partial charge in [-0.15, -0.1) is 0 Å². The van der Waals surface area contributed by atoms with Crippen molar-refractivity contribution in [1.82, 2.24) is 10.2 Å². The Morgan fingerprint density at radius 1 is 1.42 bits per heavy atom. The van der Waals surface area contributed by atoms with E-state index >= 15 is 0 Å². The zero-order chi connectivity index (χ0) is 8.44. The molecule has 1 saturated heterocycles. The highest BCUT2D eigenvalue weighted by atomic mass is 15.2. The molecular formula is C10H20N2. The minimum absolute atomic E-state index is 0.700. The van der Waals surface area contributed by atoms with E-state index in [0.29, 0.717) is 5.41 Å². The maximum atomic E-state index is 3.55. The van der Waals surface area contributed by atoms with Gasteiger partial charge in [0.1, 0.15) is 0 Å². The van der Waals surface area contributed by atoms with Gasteiger partial charge in [-0.25, -0.2) is 0 Å². The molecule has 12 heavy (non-hydrogen) atoms. The summed E-state index contributed by atoms with van der Waals surface area (Å²) in [5.41, 5.74) is 0.700. The largest absolute Gasteiger partial charge is 0.315 e. The molecule has 2 aliphatic rings. The second-order valence-corrected chi connectivity index (χ2v) is 4.45. The number of hydrogen-bond acceptors (Lipinski definition) is 2. The fraction of sp³-hybridized carbons (Fsp3) is 1.00. The molecule has 0 aromatic carbocycles. The van der Waals surface area contributed by atoms with Crippen LogP contribution in [0.4, 0.5) is 0 Å². The van der Waals surface area contributed by atoms with Crippen molar-refractivity contribution in [2.75, 3.05) is 32.7 Å². The lowest BCUT2D eigenvalue weighted by molar-refractivity contribution is 0.248. The van der Waals surface area contributed by atoms with E-state index in [2.05, 4.69) is 17.1 Å². The summed E-state index contributed by atoms with van der Waals surface area (Å²) in [5.74, 6) is 0. The van der Waals surface area contributed by atoms with E-state index in [-0.39, 0.29) is 0 Å². The van der Waals surface area contributed by atoms with Gasteiger partial charge in [-0.3, -0.25) is 0 Å². The number of hydrogen-bond donors (Lipinski definition) is 1. The second kappa shape index (κ2) is 3.35. The Bertz CT molecular complexity index is 152. The predicted molar refractivity (Wildman–Crippen MR) is 51.3 cm³/mol. The summed E-state index contributed by atoms with van der Waals surface area (Å²) < 4.78 is 0. The van der Waals surface area contributed by atoms with Crippen molar-refractivity contribution in [3.05, 3.63) is 0 Å². The molecule has 0 atom stereocenters. The molecule has 0 amide bonds. The first kappa shape index (κ1) is 8.52. The van der Waals surface area contributed by atoms with E-state index < -0.39 is 0 Å². The molecule has 0 unspecified atom stereocenters. The highest BCUT2D eigenvalue weighted by Crippen LogP contribution is 2.46. The summed E-state index contributed by atoms with van der Waals surface area (Å²) in [6.45, 7) is 8.65. The maximum Gasteiger partial charge on any atom is 0.0107 e. The fourth-order valence-corrected chi connectivity index (χ4v) is 2.22. The Balaban J connectivity index is 1.88. The lowest BCUT2D eigenvalue weighted by Gasteiger charge is -2.22. The minimum Gasteiger partial charge on any atom is -0.315 e. The third-order valence-corrected chi connectivity index (χ3v) is 3.16. The standard InChI is InChI=1S/C10H20N2/c1-2-6-12-7-5-11-8-10(9-12)3-4-10/h11H,2-9H2,1H3. The SMILES string of the molecule is CCCN1CCNCC2(CC2)C1. The van der Waals surface area contributed by atoms with Crippen LogP contribution >= 0.6 is 0 Å². The molecular weight excluding hydrogens is 148 g/mol. The second-order valence-electron chi connectivity index (χ2n) is 4.45. The quantitative estimate of drug-likeness (QED) is 0.664. The Morgan fingerprint density at radius 2 is 2.25 bits per heavy atom. The molecule has 1 saturated carbocycles. The van der Waals surface area contributed by atoms with Crippen LogP contribution in [-0.4, -0.2) is 37.6 Å². The summed E-state index contributed by atoms with van der Waals surface area (Å²) in [6.07, 6.45) is 4.22. The lowest BCUT2D eigenvalue weighted by Crippen LogP contribution is -2.31. The smallest absolute Gasteiger partial charge is 0.0107 e. The van der Waals surface area contributed by atoms with Gasteiger partial charge in [0.2, 0.25) is 0 Å². The van der Waals surface area contributed by atoms with Gasteiger partial charge in [-0.05, 0) is 31.2 Å². The minimum atomic E-state index is 0.700. The van der Waals surface area contributed by atoms with E-state index in [1.165, 1.54) is 52.0 Å². The fourth-order valence-electron chi connectivity index (χ4n) is 2.22. The van der Waals surface area contributed by atoms with Crippen LogP contribution in [0.2, 0.25) is 0 Å². The number of nitrogens with zero attached hydrogens (tertiary/aromatic N) is 1. The molecule has 1 N–H and O–H groups in total. The van der Waals surface area contributed by atoms with Gasteiger partial charge >= 0.3 is 0 Å². The molecule has 2 heteroatoms. The summed E-state index contributed by atoms with van der Waals surface area (Å²) >= 11 is 0. The first-order chi connectivity index (χ1) is 5.85. The Morgan fingerprint density at radius 3 is 2.92 bits per heavy atom. The van der Waals surface area contributed by atoms with Crippen molar-refractivity contribution < 1.29 is 0 Å². The van der Waals surface area contributed by atoms with E-state index in [1.54, 1.807) is 0 Å². The molecule has 1 aliphatic carbocycles. The van der Waals surface area contributed by atoms with E-state index in [9.17, 15) is 0 Å². The lowest BCUT2D eigenvalue weighted by atomic mass is 10.1. The van der Waals surface area contributed by atoms with Gasteiger partial charge in [0, 0.05) is 26.2 Å². The van der Waals surface area contributed by atoms with E-state index in [1.807, 2.05) is 0 Å². The van der Waals surface area contributed by atoms with E-state index in [4.69, 9.17) is 0 Å². The summed E-state index contributed by atoms with van der Waals surface area (Å²) in [4.78, 5) is 2.63. The third-order valence-electron chi connectivity index (χ3n) is 3.16. The van der Waals surface area contributed by atoms with Gasteiger partial charge in [0.25, 0.3) is 0 Å². The molecule has 0 aromatic rings. The normalized spacial score (nSPS) is 28.8. The van der Waals surface area contributed by atoms with Crippen LogP contribution in [0.5, 0.6) is 0 Å². The monoisotopic (exact) mass is 168 g/mol. The van der Waals surface area contributed by atoms with Crippen LogP contribution in [0.1, 0.15) is 26.2 Å². The zero-order valence-electron chi connectivity index (χ0n) is 8.10. The molecule has 70 valence electrons. The van der Waals surface area contributed by atoms with Crippen molar-refractivity contribution in [1.29, 1.82) is 0 Å². The van der Waals surface area contributed by atoms with Crippen LogP contribution in [-0.2, 0) is 0 Å². The number of rotatable bonds is 2. The first-order valence-electron chi connectivity index (χ1n) is 5.28. The van der Waals surface area contributed by atoms with Crippen LogP contribution in [0.3, 0.4) is 0 Å². The van der Waals surface area contributed by atoms with Crippen molar-refractivity contribution in [2.45, 2.75) is 26.2 Å². The van der Waals surface area contributed by atoms with Gasteiger partial charge in [-0.2, -0.15) is 0 Å². The molecule has 1 aliphatic heterocycles. The van der Waals surface area contributed by atoms with Crippen LogP contribution < -0.4 is 5.32 Å². The molecule has 0 bridgehead atoms. The Kier molecular flexibility index (Phi) is 2.37. The molecule has 2 fully saturated rings. The van der Waals surface area contributed by atoms with Crippen molar-refractivity contribution in [2.24, 2.45) is 5.41 Å².